The van der Waals surface area contributed by atoms with Crippen LogP contribution < -0.4 is 21.9 Å². The van der Waals surface area contributed by atoms with Crippen LogP contribution in [-0.2, 0) is 11.2 Å². The Hall–Kier alpha value is -1.85. The third kappa shape index (κ3) is 6.14. The molecule has 0 unspecified atom stereocenters. The van der Waals surface area contributed by atoms with Gasteiger partial charge in [-0.25, -0.2) is 4.79 Å². The highest BCUT2D eigenvalue weighted by Crippen LogP contribution is 2.36. The van der Waals surface area contributed by atoms with Crippen LogP contribution in [0.25, 0.3) is 0 Å². The van der Waals surface area contributed by atoms with E-state index in [-0.39, 0.29) is 29.2 Å². The van der Waals surface area contributed by atoms with Crippen molar-refractivity contribution < 1.29 is 31.0 Å². The number of hydrogen-bond acceptors (Lipinski definition) is 2. The minimum absolute atomic E-state index is 0. The van der Waals surface area contributed by atoms with Gasteiger partial charge < -0.3 is 26.2 Å². The maximum Gasteiger partial charge on any atom is 0.414 e. The average Bonchev–Trinajstić information content (AvgIpc) is 2.81. The van der Waals surface area contributed by atoms with E-state index in [0.717, 1.165) is 36.0 Å². The fourth-order valence-electron chi connectivity index (χ4n) is 5.38. The number of para-hydroxylation sites is 1. The lowest BCUT2D eigenvalue weighted by Gasteiger charge is -2.52. The number of ether oxygens (including phenoxy) is 1. The van der Waals surface area contributed by atoms with E-state index in [0.29, 0.717) is 12.5 Å². The van der Waals surface area contributed by atoms with Gasteiger partial charge in [-0.1, -0.05) is 61.9 Å². The van der Waals surface area contributed by atoms with Crippen molar-refractivity contribution in [2.75, 3.05) is 37.6 Å². The quantitative estimate of drug-likeness (QED) is 0.495. The summed E-state index contributed by atoms with van der Waals surface area (Å²) in [5, 5.41) is 0. The predicted octanol–water partition coefficient (Wildman–Crippen LogP) is 2.68. The molecule has 0 radical (unpaired) electrons. The zero-order valence-electron chi connectivity index (χ0n) is 19.3. The first-order valence-corrected chi connectivity index (χ1v) is 12.1. The highest BCUT2D eigenvalue weighted by Gasteiger charge is 2.47. The molecule has 0 saturated carbocycles. The van der Waals surface area contributed by atoms with Gasteiger partial charge in [0.15, 0.2) is 6.10 Å². The molecule has 0 N–H and O–H groups in total. The largest absolute Gasteiger partial charge is 1.00 e. The number of amides is 1. The van der Waals surface area contributed by atoms with Gasteiger partial charge in [0.05, 0.1) is 19.6 Å². The lowest BCUT2D eigenvalue weighted by Crippen LogP contribution is -3.00. The molecule has 0 aromatic heterocycles. The fourth-order valence-corrected chi connectivity index (χ4v) is 5.38. The second-order valence-electron chi connectivity index (χ2n) is 9.38. The Balaban J connectivity index is 0.00000289. The molecule has 2 aromatic rings. The van der Waals surface area contributed by atoms with Crippen LogP contribution in [0.3, 0.4) is 0 Å². The number of quaternary nitrogens is 1. The van der Waals surface area contributed by atoms with Gasteiger partial charge in [0.2, 0.25) is 0 Å². The minimum atomic E-state index is -0.166. The number of aryl methyl sites for hydroxylation is 1. The van der Waals surface area contributed by atoms with Gasteiger partial charge in [0, 0.05) is 37.4 Å². The van der Waals surface area contributed by atoms with Crippen molar-refractivity contribution in [3.8, 4) is 0 Å². The van der Waals surface area contributed by atoms with Crippen LogP contribution >= 0.6 is 0 Å². The molecule has 5 rings (SSSR count). The Labute approximate surface area is 203 Å². The molecule has 1 atom stereocenters. The van der Waals surface area contributed by atoms with Crippen LogP contribution in [0, 0.1) is 5.92 Å². The van der Waals surface area contributed by atoms with E-state index in [1.807, 2.05) is 35.2 Å². The van der Waals surface area contributed by atoms with Crippen molar-refractivity contribution in [3.63, 3.8) is 0 Å². The third-order valence-electron chi connectivity index (χ3n) is 7.26. The summed E-state index contributed by atoms with van der Waals surface area (Å²) in [6, 6.07) is 20.8. The summed E-state index contributed by atoms with van der Waals surface area (Å²) < 4.78 is 7.33. The molecular weight excluding hydrogens is 464 g/mol. The number of nitrogens with zero attached hydrogens (tertiary/aromatic N) is 2. The fraction of sp³-hybridized carbons (Fsp3) is 0.519. The zero-order valence-corrected chi connectivity index (χ0v) is 20.9. The highest BCUT2D eigenvalue weighted by atomic mass is 79.9. The van der Waals surface area contributed by atoms with Gasteiger partial charge in [-0.15, -0.1) is 0 Å². The second kappa shape index (κ2) is 11.9. The van der Waals surface area contributed by atoms with Crippen molar-refractivity contribution in [2.24, 2.45) is 5.92 Å². The molecule has 2 bridgehead atoms. The van der Waals surface area contributed by atoms with Crippen molar-refractivity contribution in [1.82, 2.24) is 0 Å². The number of fused-ring (bicyclic) bond motifs is 3. The minimum Gasteiger partial charge on any atom is -1.00 e. The second-order valence-corrected chi connectivity index (χ2v) is 9.38. The van der Waals surface area contributed by atoms with E-state index in [9.17, 15) is 4.79 Å². The molecule has 3 saturated heterocycles. The normalized spacial score (nSPS) is 23.9. The standard InChI is InChI=1S/C27H37N2O2.BrH/c1-2-3-18-28(25-14-8-5-9-15-25)27(30)31-26-22-29(20-16-24(26)17-21-29)19-10-13-23-11-6-4-7-12-23;/h4-9,11-12,14-15,24,26H,2-3,10,13,16-22H2,1H3;1H/q+1;/p-1/t24?,26-,29?;/m0./s1. The molecule has 1 amide bonds. The molecule has 3 fully saturated rings. The number of rotatable bonds is 9. The van der Waals surface area contributed by atoms with E-state index in [1.165, 1.54) is 44.5 Å². The van der Waals surface area contributed by atoms with Crippen LogP contribution in [0.2, 0.25) is 0 Å². The van der Waals surface area contributed by atoms with Crippen molar-refractivity contribution in [2.45, 2.75) is 51.6 Å². The number of hydrogen-bond donors (Lipinski definition) is 0. The van der Waals surface area contributed by atoms with Crippen LogP contribution in [0.1, 0.15) is 44.6 Å². The Kier molecular flexibility index (Phi) is 9.18. The Morgan fingerprint density at radius 3 is 2.31 bits per heavy atom. The number of anilines is 1. The highest BCUT2D eigenvalue weighted by molar-refractivity contribution is 5.87. The Morgan fingerprint density at radius 1 is 1.00 bits per heavy atom. The summed E-state index contributed by atoms with van der Waals surface area (Å²) in [6.45, 7) is 7.53. The molecule has 4 nitrogen and oxygen atoms in total. The Morgan fingerprint density at radius 2 is 1.66 bits per heavy atom. The zero-order chi connectivity index (χ0) is 21.5. The molecule has 3 aliphatic rings. The summed E-state index contributed by atoms with van der Waals surface area (Å²) in [6.07, 6.45) is 6.63. The first-order chi connectivity index (χ1) is 15.2. The summed E-state index contributed by atoms with van der Waals surface area (Å²) >= 11 is 0. The molecule has 0 aliphatic carbocycles. The van der Waals surface area contributed by atoms with E-state index < -0.39 is 0 Å². The van der Waals surface area contributed by atoms with Gasteiger partial charge in [0.1, 0.15) is 6.54 Å². The lowest BCUT2D eigenvalue weighted by molar-refractivity contribution is -0.946. The van der Waals surface area contributed by atoms with Crippen LogP contribution in [-0.4, -0.2) is 49.4 Å². The van der Waals surface area contributed by atoms with Gasteiger partial charge in [0.25, 0.3) is 0 Å². The number of benzene rings is 2. The van der Waals surface area contributed by atoms with Crippen molar-refractivity contribution in [3.05, 3.63) is 66.2 Å². The average molecular weight is 502 g/mol. The number of piperidine rings is 3. The molecule has 174 valence electrons. The molecule has 2 aromatic carbocycles. The van der Waals surface area contributed by atoms with Gasteiger partial charge >= 0.3 is 6.09 Å². The molecule has 3 heterocycles. The van der Waals surface area contributed by atoms with Crippen molar-refractivity contribution in [1.29, 1.82) is 0 Å². The monoisotopic (exact) mass is 500 g/mol. The molecule has 0 spiro atoms. The molecule has 3 aliphatic heterocycles. The molecule has 5 heteroatoms. The first-order valence-electron chi connectivity index (χ1n) is 12.1. The first kappa shape index (κ1) is 24.8. The smallest absolute Gasteiger partial charge is 0.414 e. The van der Waals surface area contributed by atoms with E-state index in [1.54, 1.807) is 0 Å². The van der Waals surface area contributed by atoms with Crippen LogP contribution in [0.5, 0.6) is 0 Å². The van der Waals surface area contributed by atoms with E-state index in [4.69, 9.17) is 4.74 Å². The lowest BCUT2D eigenvalue weighted by atomic mass is 9.83. The summed E-state index contributed by atoms with van der Waals surface area (Å²) in [5.41, 5.74) is 2.36. The predicted molar refractivity (Wildman–Crippen MR) is 126 cm³/mol. The van der Waals surface area contributed by atoms with E-state index >= 15 is 0 Å². The number of carbonyl (C=O) groups excluding carboxylic acids is 1. The Bertz CT molecular complexity index is 822. The summed E-state index contributed by atoms with van der Waals surface area (Å²) in [4.78, 5) is 15.0. The third-order valence-corrected chi connectivity index (χ3v) is 7.26. The topological polar surface area (TPSA) is 29.5 Å². The number of halogens is 1. The van der Waals surface area contributed by atoms with E-state index in [2.05, 4.69) is 37.3 Å². The summed E-state index contributed by atoms with van der Waals surface area (Å²) in [5.74, 6) is 0.530. The summed E-state index contributed by atoms with van der Waals surface area (Å²) in [7, 11) is 0. The number of carbonyl (C=O) groups is 1. The number of unbranched alkanes of at least 4 members (excludes halogenated alkanes) is 1. The van der Waals surface area contributed by atoms with Crippen LogP contribution in [0.15, 0.2) is 60.7 Å². The van der Waals surface area contributed by atoms with Gasteiger partial charge in [-0.3, -0.25) is 4.90 Å². The SMILES string of the molecule is CCCCN(C(=O)O[C@H]1C[N+]2(CCCc3ccccc3)CCC1CC2)c1ccccc1.[Br-]. The molecular formula is C27H37BrN2O2. The maximum atomic E-state index is 13.2. The van der Waals surface area contributed by atoms with Gasteiger partial charge in [-0.05, 0) is 30.5 Å². The van der Waals surface area contributed by atoms with Crippen molar-refractivity contribution >= 4 is 11.8 Å². The maximum absolute atomic E-state index is 13.2. The van der Waals surface area contributed by atoms with Crippen LogP contribution in [0.4, 0.5) is 10.5 Å². The van der Waals surface area contributed by atoms with Gasteiger partial charge in [-0.2, -0.15) is 0 Å². The molecule has 32 heavy (non-hydrogen) atoms.